The smallest absolute Gasteiger partial charge is 0.322 e. The first-order valence-electron chi connectivity index (χ1n) is 8.12. The molecule has 0 aromatic rings. The number of rotatable bonds is 11. The standard InChI is InChI=1S/C15H26N4O8/c1-6(2)11(14(26)17-5-10(23)24)18-15(27)12(7(3)20)19-13(25)8(16)4-9(21)22/h6-8,11-12,20H,4-5,16H2,1-3H3,(H,17,26)(H,18,27)(H,19,25)(H,21,22)(H,23,24). The third-order valence-corrected chi connectivity index (χ3v) is 3.45. The highest BCUT2D eigenvalue weighted by molar-refractivity contribution is 5.94. The summed E-state index contributed by atoms with van der Waals surface area (Å²) in [5.41, 5.74) is 5.41. The summed E-state index contributed by atoms with van der Waals surface area (Å²) < 4.78 is 0. The Balaban J connectivity index is 5.11. The van der Waals surface area contributed by atoms with Gasteiger partial charge in [-0.15, -0.1) is 0 Å². The van der Waals surface area contributed by atoms with Crippen LogP contribution in [0.2, 0.25) is 0 Å². The van der Waals surface area contributed by atoms with Crippen molar-refractivity contribution in [1.29, 1.82) is 0 Å². The number of aliphatic hydroxyl groups is 1. The van der Waals surface area contributed by atoms with Gasteiger partial charge in [0.25, 0.3) is 0 Å². The first-order chi connectivity index (χ1) is 12.4. The highest BCUT2D eigenvalue weighted by Gasteiger charge is 2.32. The molecule has 0 aliphatic rings. The molecule has 27 heavy (non-hydrogen) atoms. The first-order valence-corrected chi connectivity index (χ1v) is 8.12. The van der Waals surface area contributed by atoms with E-state index in [9.17, 15) is 29.1 Å². The molecule has 0 fully saturated rings. The fourth-order valence-electron chi connectivity index (χ4n) is 2.00. The summed E-state index contributed by atoms with van der Waals surface area (Å²) >= 11 is 0. The maximum Gasteiger partial charge on any atom is 0.322 e. The van der Waals surface area contributed by atoms with E-state index in [0.29, 0.717) is 0 Å². The number of carboxylic acids is 2. The molecule has 0 aliphatic heterocycles. The number of amides is 3. The second kappa shape index (κ2) is 11.1. The molecule has 0 heterocycles. The number of aliphatic carboxylic acids is 2. The minimum atomic E-state index is -1.49. The number of aliphatic hydroxyl groups excluding tert-OH is 1. The van der Waals surface area contributed by atoms with E-state index in [0.717, 1.165) is 0 Å². The molecule has 12 nitrogen and oxygen atoms in total. The number of carboxylic acid groups (broad SMARTS) is 2. The minimum absolute atomic E-state index is 0.428. The molecule has 0 radical (unpaired) electrons. The number of carbonyl (C=O) groups excluding carboxylic acids is 3. The molecular weight excluding hydrogens is 364 g/mol. The van der Waals surface area contributed by atoms with E-state index >= 15 is 0 Å². The van der Waals surface area contributed by atoms with Gasteiger partial charge in [-0.1, -0.05) is 13.8 Å². The van der Waals surface area contributed by atoms with E-state index < -0.39 is 72.8 Å². The molecule has 12 heteroatoms. The van der Waals surface area contributed by atoms with E-state index in [4.69, 9.17) is 15.9 Å². The molecule has 0 aromatic carbocycles. The summed E-state index contributed by atoms with van der Waals surface area (Å²) in [6, 6.07) is -4.05. The molecule has 0 saturated carbocycles. The average Bonchev–Trinajstić information content (AvgIpc) is 2.53. The van der Waals surface area contributed by atoms with Crippen molar-refractivity contribution < 1.29 is 39.3 Å². The van der Waals surface area contributed by atoms with Crippen LogP contribution in [-0.2, 0) is 24.0 Å². The van der Waals surface area contributed by atoms with Gasteiger partial charge in [0.1, 0.15) is 18.6 Å². The van der Waals surface area contributed by atoms with Crippen LogP contribution in [0.4, 0.5) is 0 Å². The third kappa shape index (κ3) is 8.96. The van der Waals surface area contributed by atoms with E-state index in [1.807, 2.05) is 0 Å². The summed E-state index contributed by atoms with van der Waals surface area (Å²) in [5, 5.41) is 33.6. The molecule has 4 atom stereocenters. The van der Waals surface area contributed by atoms with E-state index in [-0.39, 0.29) is 0 Å². The number of nitrogens with one attached hydrogen (secondary N) is 3. The lowest BCUT2D eigenvalue weighted by Gasteiger charge is -2.27. The monoisotopic (exact) mass is 390 g/mol. The van der Waals surface area contributed by atoms with Crippen LogP contribution in [-0.4, -0.2) is 75.8 Å². The number of hydrogen-bond acceptors (Lipinski definition) is 7. The molecule has 0 aromatic heterocycles. The van der Waals surface area contributed by atoms with Gasteiger partial charge in [-0.3, -0.25) is 24.0 Å². The number of carbonyl (C=O) groups is 5. The van der Waals surface area contributed by atoms with Crippen molar-refractivity contribution in [2.24, 2.45) is 11.7 Å². The van der Waals surface area contributed by atoms with E-state index in [1.54, 1.807) is 13.8 Å². The van der Waals surface area contributed by atoms with Gasteiger partial charge in [0.05, 0.1) is 18.6 Å². The summed E-state index contributed by atoms with van der Waals surface area (Å²) in [5.74, 6) is -5.63. The van der Waals surface area contributed by atoms with Crippen LogP contribution in [0.1, 0.15) is 27.2 Å². The molecule has 0 aliphatic carbocycles. The highest BCUT2D eigenvalue weighted by atomic mass is 16.4. The summed E-state index contributed by atoms with van der Waals surface area (Å²) in [7, 11) is 0. The second-order valence-electron chi connectivity index (χ2n) is 6.27. The average molecular weight is 390 g/mol. The van der Waals surface area contributed by atoms with Gasteiger partial charge in [0, 0.05) is 0 Å². The zero-order valence-corrected chi connectivity index (χ0v) is 15.3. The maximum atomic E-state index is 12.4. The SMILES string of the molecule is CC(C)C(NC(=O)C(NC(=O)C(N)CC(=O)O)C(C)O)C(=O)NCC(=O)O. The topological polar surface area (TPSA) is 208 Å². The van der Waals surface area contributed by atoms with Gasteiger partial charge < -0.3 is 37.0 Å². The first kappa shape index (κ1) is 24.3. The Morgan fingerprint density at radius 1 is 0.852 bits per heavy atom. The third-order valence-electron chi connectivity index (χ3n) is 3.45. The predicted molar refractivity (Wildman–Crippen MR) is 91.3 cm³/mol. The quantitative estimate of drug-likeness (QED) is 0.191. The van der Waals surface area contributed by atoms with Crippen molar-refractivity contribution >= 4 is 29.7 Å². The number of hydrogen-bond donors (Lipinski definition) is 7. The fourth-order valence-corrected chi connectivity index (χ4v) is 2.00. The molecule has 8 N–H and O–H groups in total. The van der Waals surface area contributed by atoms with E-state index in [1.165, 1.54) is 6.92 Å². The van der Waals surface area contributed by atoms with Gasteiger partial charge in [0.2, 0.25) is 17.7 Å². The Kier molecular flexibility index (Phi) is 9.96. The molecule has 154 valence electrons. The van der Waals surface area contributed by atoms with Gasteiger partial charge in [-0.25, -0.2) is 0 Å². The van der Waals surface area contributed by atoms with Gasteiger partial charge in [0.15, 0.2) is 0 Å². The zero-order chi connectivity index (χ0) is 21.3. The highest BCUT2D eigenvalue weighted by Crippen LogP contribution is 2.04. The molecule has 4 unspecified atom stereocenters. The van der Waals surface area contributed by atoms with Crippen molar-refractivity contribution in [3.05, 3.63) is 0 Å². The Morgan fingerprint density at radius 2 is 1.37 bits per heavy atom. The van der Waals surface area contributed by atoms with Crippen LogP contribution in [0.3, 0.4) is 0 Å². The molecule has 0 saturated heterocycles. The van der Waals surface area contributed by atoms with Crippen molar-refractivity contribution in [2.75, 3.05) is 6.54 Å². The fraction of sp³-hybridized carbons (Fsp3) is 0.667. The molecule has 0 rings (SSSR count). The van der Waals surface area contributed by atoms with Crippen LogP contribution in [0.5, 0.6) is 0 Å². The normalized spacial score (nSPS) is 15.2. The molecule has 3 amide bonds. The lowest BCUT2D eigenvalue weighted by Crippen LogP contribution is -2.60. The second-order valence-corrected chi connectivity index (χ2v) is 6.27. The Bertz CT molecular complexity index is 578. The van der Waals surface area contributed by atoms with Gasteiger partial charge in [-0.2, -0.15) is 0 Å². The van der Waals surface area contributed by atoms with Crippen molar-refractivity contribution in [2.45, 2.75) is 51.4 Å². The Labute approximate surface area is 155 Å². The summed E-state index contributed by atoms with van der Waals surface area (Å²) in [6.07, 6.45) is -2.05. The maximum absolute atomic E-state index is 12.4. The van der Waals surface area contributed by atoms with Crippen molar-refractivity contribution in [3.63, 3.8) is 0 Å². The minimum Gasteiger partial charge on any atom is -0.481 e. The molecule has 0 bridgehead atoms. The lowest BCUT2D eigenvalue weighted by molar-refractivity contribution is -0.140. The summed E-state index contributed by atoms with van der Waals surface area (Å²) in [6.45, 7) is 3.77. The van der Waals surface area contributed by atoms with Crippen molar-refractivity contribution in [1.82, 2.24) is 16.0 Å². The zero-order valence-electron chi connectivity index (χ0n) is 15.3. The molecule has 0 spiro atoms. The largest absolute Gasteiger partial charge is 0.481 e. The van der Waals surface area contributed by atoms with E-state index in [2.05, 4.69) is 16.0 Å². The van der Waals surface area contributed by atoms with Crippen LogP contribution in [0.25, 0.3) is 0 Å². The molecular formula is C15H26N4O8. The Hall–Kier alpha value is -2.73. The van der Waals surface area contributed by atoms with Crippen molar-refractivity contribution in [3.8, 4) is 0 Å². The Morgan fingerprint density at radius 3 is 1.78 bits per heavy atom. The van der Waals surface area contributed by atoms with Gasteiger partial charge >= 0.3 is 11.9 Å². The van der Waals surface area contributed by atoms with Crippen LogP contribution in [0, 0.1) is 5.92 Å². The van der Waals surface area contributed by atoms with Crippen LogP contribution in [0.15, 0.2) is 0 Å². The van der Waals surface area contributed by atoms with Crippen LogP contribution < -0.4 is 21.7 Å². The summed E-state index contributed by atoms with van der Waals surface area (Å²) in [4.78, 5) is 57.5. The van der Waals surface area contributed by atoms with Crippen LogP contribution >= 0.6 is 0 Å². The lowest BCUT2D eigenvalue weighted by atomic mass is 10.0. The van der Waals surface area contributed by atoms with Gasteiger partial charge in [-0.05, 0) is 12.8 Å². The number of nitrogens with two attached hydrogens (primary N) is 1. The predicted octanol–water partition coefficient (Wildman–Crippen LogP) is -3.00.